The summed E-state index contributed by atoms with van der Waals surface area (Å²) >= 11 is 3.25. The van der Waals surface area contributed by atoms with E-state index < -0.39 is 0 Å². The first-order chi connectivity index (χ1) is 6.27. The molecule has 0 spiro atoms. The minimum Gasteiger partial charge on any atom is -0.302 e. The Morgan fingerprint density at radius 1 is 1.46 bits per heavy atom. The molecule has 0 aliphatic rings. The van der Waals surface area contributed by atoms with Crippen LogP contribution in [0.5, 0.6) is 0 Å². The van der Waals surface area contributed by atoms with Crippen molar-refractivity contribution in [3.8, 4) is 0 Å². The van der Waals surface area contributed by atoms with Crippen LogP contribution in [-0.4, -0.2) is 6.29 Å². The largest absolute Gasteiger partial charge is 0.302 e. The van der Waals surface area contributed by atoms with Crippen LogP contribution in [0.25, 0.3) is 10.4 Å². The molecule has 0 saturated carbocycles. The number of aldehydes is 1. The van der Waals surface area contributed by atoms with E-state index >= 15 is 0 Å². The first-order valence-corrected chi connectivity index (χ1v) is 4.20. The summed E-state index contributed by atoms with van der Waals surface area (Å²) in [6.07, 6.45) is 0.531. The van der Waals surface area contributed by atoms with Gasteiger partial charge in [0.25, 0.3) is 0 Å². The van der Waals surface area contributed by atoms with Crippen molar-refractivity contribution in [1.29, 1.82) is 0 Å². The predicted molar refractivity (Wildman–Crippen MR) is 51.7 cm³/mol. The molecule has 0 atom stereocenters. The third-order valence-corrected chi connectivity index (χ3v) is 1.93. The number of carbonyl (C=O) groups excluding carboxylic acids is 1. The maximum Gasteiger partial charge on any atom is 0.151 e. The van der Waals surface area contributed by atoms with Crippen molar-refractivity contribution < 1.29 is 4.79 Å². The lowest BCUT2D eigenvalue weighted by molar-refractivity contribution is -0.106. The Labute approximate surface area is 83.3 Å². The summed E-state index contributed by atoms with van der Waals surface area (Å²) in [6, 6.07) is 7.03. The maximum absolute atomic E-state index is 10.5. The summed E-state index contributed by atoms with van der Waals surface area (Å²) in [5, 5.41) is 3.26. The van der Waals surface area contributed by atoms with Gasteiger partial charge in [0.15, 0.2) is 6.04 Å². The molecule has 0 saturated heterocycles. The molecule has 1 rings (SSSR count). The summed E-state index contributed by atoms with van der Waals surface area (Å²) in [5.74, 6) is 0. The normalized spacial score (nSPS) is 9.38. The van der Waals surface area contributed by atoms with Gasteiger partial charge in [-0.25, -0.2) is 0 Å². The van der Waals surface area contributed by atoms with E-state index in [-0.39, 0.29) is 6.04 Å². The van der Waals surface area contributed by atoms with Crippen molar-refractivity contribution in [2.24, 2.45) is 5.11 Å². The highest BCUT2D eigenvalue weighted by atomic mass is 79.9. The number of carbonyl (C=O) groups is 1. The summed E-state index contributed by atoms with van der Waals surface area (Å²) in [7, 11) is 0. The van der Waals surface area contributed by atoms with Crippen LogP contribution in [0, 0.1) is 6.04 Å². The molecule has 13 heavy (non-hydrogen) atoms. The van der Waals surface area contributed by atoms with Gasteiger partial charge in [-0.1, -0.05) is 33.2 Å². The van der Waals surface area contributed by atoms with Crippen LogP contribution >= 0.6 is 15.9 Å². The number of nitrogens with zero attached hydrogens (tertiary/aromatic N) is 3. The topological polar surface area (TPSA) is 65.8 Å². The maximum atomic E-state index is 10.5. The lowest BCUT2D eigenvalue weighted by atomic mass is 10.1. The number of halogens is 1. The van der Waals surface area contributed by atoms with Gasteiger partial charge in [-0.05, 0) is 23.2 Å². The summed E-state index contributed by atoms with van der Waals surface area (Å²) in [4.78, 5) is 13.0. The standard InChI is InChI=1S/C8H5BrN3O/c9-7-3-1-6(2-4-7)8(5-13)11-12-10/h1-5H. The zero-order chi connectivity index (χ0) is 9.68. The third kappa shape index (κ3) is 2.57. The molecule has 1 radical (unpaired) electrons. The first-order valence-electron chi connectivity index (χ1n) is 3.41. The molecule has 0 aliphatic heterocycles. The van der Waals surface area contributed by atoms with Crippen LogP contribution in [0.2, 0.25) is 0 Å². The van der Waals surface area contributed by atoms with Gasteiger partial charge in [-0.2, -0.15) is 0 Å². The number of azide groups is 1. The smallest absolute Gasteiger partial charge is 0.151 e. The summed E-state index contributed by atoms with van der Waals surface area (Å²) in [6.45, 7) is 0. The molecule has 5 heteroatoms. The summed E-state index contributed by atoms with van der Waals surface area (Å²) < 4.78 is 0.905. The molecular weight excluding hydrogens is 234 g/mol. The minimum atomic E-state index is 0.0926. The average molecular weight is 239 g/mol. The van der Waals surface area contributed by atoms with Crippen molar-refractivity contribution in [2.45, 2.75) is 0 Å². The van der Waals surface area contributed by atoms with E-state index in [4.69, 9.17) is 5.53 Å². The summed E-state index contributed by atoms with van der Waals surface area (Å²) in [5.41, 5.74) is 8.76. The lowest BCUT2D eigenvalue weighted by Gasteiger charge is -2.01. The van der Waals surface area contributed by atoms with Gasteiger partial charge in [0.1, 0.15) is 6.29 Å². The monoisotopic (exact) mass is 238 g/mol. The van der Waals surface area contributed by atoms with E-state index in [1.54, 1.807) is 24.3 Å². The highest BCUT2D eigenvalue weighted by Crippen LogP contribution is 2.17. The van der Waals surface area contributed by atoms with Gasteiger partial charge >= 0.3 is 0 Å². The Kier molecular flexibility index (Phi) is 3.49. The Bertz CT molecular complexity index is 343. The van der Waals surface area contributed by atoms with Gasteiger partial charge in [-0.3, -0.25) is 0 Å². The van der Waals surface area contributed by atoms with Crippen LogP contribution in [0.4, 0.5) is 0 Å². The highest BCUT2D eigenvalue weighted by Gasteiger charge is 2.07. The average Bonchev–Trinajstić information content (AvgIpc) is 2.16. The van der Waals surface area contributed by atoms with Crippen molar-refractivity contribution >= 4 is 22.2 Å². The molecule has 1 aromatic rings. The molecule has 0 unspecified atom stereocenters. The molecule has 0 aromatic heterocycles. The molecule has 0 fully saturated rings. The Morgan fingerprint density at radius 2 is 2.08 bits per heavy atom. The van der Waals surface area contributed by atoms with Gasteiger partial charge in [-0.15, -0.1) is 0 Å². The van der Waals surface area contributed by atoms with Gasteiger partial charge in [0, 0.05) is 9.38 Å². The number of benzene rings is 1. The van der Waals surface area contributed by atoms with Crippen molar-refractivity contribution in [3.63, 3.8) is 0 Å². The molecule has 65 valence electrons. The van der Waals surface area contributed by atoms with Gasteiger partial charge in [0.05, 0.1) is 0 Å². The fraction of sp³-hybridized carbons (Fsp3) is 0. The molecule has 0 heterocycles. The fourth-order valence-corrected chi connectivity index (χ4v) is 1.08. The Hall–Kier alpha value is -1.32. The Balaban J connectivity index is 2.98. The highest BCUT2D eigenvalue weighted by molar-refractivity contribution is 9.10. The van der Waals surface area contributed by atoms with Crippen LogP contribution in [-0.2, 0) is 4.79 Å². The van der Waals surface area contributed by atoms with Crippen molar-refractivity contribution in [3.05, 3.63) is 50.8 Å². The molecule has 0 amide bonds. The molecule has 0 bridgehead atoms. The quantitative estimate of drug-likeness (QED) is 0.346. The number of rotatable bonds is 3. The van der Waals surface area contributed by atoms with E-state index in [0.29, 0.717) is 11.8 Å². The van der Waals surface area contributed by atoms with Crippen LogP contribution < -0.4 is 0 Å². The Morgan fingerprint density at radius 3 is 2.54 bits per heavy atom. The van der Waals surface area contributed by atoms with Crippen molar-refractivity contribution in [1.82, 2.24) is 0 Å². The zero-order valence-electron chi connectivity index (χ0n) is 6.51. The van der Waals surface area contributed by atoms with Crippen LogP contribution in [0.15, 0.2) is 33.9 Å². The van der Waals surface area contributed by atoms with E-state index in [2.05, 4.69) is 26.0 Å². The van der Waals surface area contributed by atoms with Gasteiger partial charge in [0.2, 0.25) is 0 Å². The SMILES string of the molecule is [N-]=[N+]=N[C](C=O)c1ccc(Br)cc1. The molecule has 0 N–H and O–H groups in total. The van der Waals surface area contributed by atoms with E-state index in [0.717, 1.165) is 4.47 Å². The van der Waals surface area contributed by atoms with Crippen LogP contribution in [0.3, 0.4) is 0 Å². The van der Waals surface area contributed by atoms with Crippen LogP contribution in [0.1, 0.15) is 5.56 Å². The second kappa shape index (κ2) is 4.64. The molecular formula is C8H5BrN3O. The number of hydrogen-bond acceptors (Lipinski definition) is 2. The zero-order valence-corrected chi connectivity index (χ0v) is 8.10. The molecule has 0 aliphatic carbocycles. The fourth-order valence-electron chi connectivity index (χ4n) is 0.818. The van der Waals surface area contributed by atoms with Gasteiger partial charge < -0.3 is 4.79 Å². The molecule has 1 aromatic carbocycles. The second-order valence-electron chi connectivity index (χ2n) is 2.20. The molecule has 4 nitrogen and oxygen atoms in total. The lowest BCUT2D eigenvalue weighted by Crippen LogP contribution is -1.95. The second-order valence-corrected chi connectivity index (χ2v) is 3.12. The first kappa shape index (κ1) is 9.77. The van der Waals surface area contributed by atoms with Crippen molar-refractivity contribution in [2.75, 3.05) is 0 Å². The van der Waals surface area contributed by atoms with E-state index in [1.165, 1.54) is 0 Å². The third-order valence-electron chi connectivity index (χ3n) is 1.40. The number of hydrogen-bond donors (Lipinski definition) is 0. The predicted octanol–water partition coefficient (Wildman–Crippen LogP) is 2.84. The van der Waals surface area contributed by atoms with E-state index in [1.807, 2.05) is 0 Å². The minimum absolute atomic E-state index is 0.0926. The van der Waals surface area contributed by atoms with E-state index in [9.17, 15) is 4.79 Å².